The van der Waals surface area contributed by atoms with Crippen molar-refractivity contribution in [3.8, 4) is 17.6 Å². The van der Waals surface area contributed by atoms with Crippen molar-refractivity contribution in [3.05, 3.63) is 81.3 Å². The number of aliphatic hydroxyl groups excluding tert-OH is 2. The van der Waals surface area contributed by atoms with E-state index >= 15 is 0 Å². The molecule has 0 heterocycles. The topological polar surface area (TPSA) is 161 Å². The largest absolute Gasteiger partial charge is 0.511 e. The summed E-state index contributed by atoms with van der Waals surface area (Å²) >= 11 is 0. The van der Waals surface area contributed by atoms with Crippen molar-refractivity contribution in [2.45, 2.75) is 24.9 Å². The van der Waals surface area contributed by atoms with Crippen LogP contribution in [0.15, 0.2) is 59.1 Å². The molecular weight excluding hydrogens is 488 g/mol. The summed E-state index contributed by atoms with van der Waals surface area (Å²) in [5.74, 6) is -0.721. The van der Waals surface area contributed by atoms with Crippen LogP contribution in [0.4, 0.5) is 5.69 Å². The Hall–Kier alpha value is -4.55. The number of phenols is 1. The van der Waals surface area contributed by atoms with Gasteiger partial charge in [0, 0.05) is 43.3 Å². The Labute approximate surface area is 218 Å². The highest BCUT2D eigenvalue weighted by molar-refractivity contribution is 6.24. The molecule has 0 saturated heterocycles. The molecular formula is C29H26N2O7. The van der Waals surface area contributed by atoms with Gasteiger partial charge in [-0.1, -0.05) is 30.0 Å². The number of primary amides is 1. The summed E-state index contributed by atoms with van der Waals surface area (Å²) in [5, 5.41) is 44.1. The highest BCUT2D eigenvalue weighted by atomic mass is 16.3. The second-order valence-corrected chi connectivity index (χ2v) is 10.1. The number of ketones is 2. The van der Waals surface area contributed by atoms with Crippen molar-refractivity contribution in [1.29, 1.82) is 0 Å². The maximum atomic E-state index is 13.9. The van der Waals surface area contributed by atoms with Gasteiger partial charge < -0.3 is 31.1 Å². The molecule has 3 atom stereocenters. The number of amides is 1. The van der Waals surface area contributed by atoms with E-state index in [0.717, 1.165) is 0 Å². The molecule has 9 nitrogen and oxygen atoms in total. The maximum Gasteiger partial charge on any atom is 0.255 e. The molecule has 38 heavy (non-hydrogen) atoms. The van der Waals surface area contributed by atoms with Gasteiger partial charge in [-0.2, -0.15) is 0 Å². The normalized spacial score (nSPS) is 24.2. The zero-order valence-corrected chi connectivity index (χ0v) is 20.8. The SMILES string of the molecule is CN(C)c1cc(C#Cc2ccccc2)c(O)c2c1C[C@H]1C[C@H]3CC(O)=C(C(N)=O)C(=O)[C@@]3(O)C(O)=C1C2=O. The summed E-state index contributed by atoms with van der Waals surface area (Å²) < 4.78 is 0. The number of anilines is 1. The van der Waals surface area contributed by atoms with Crippen molar-refractivity contribution in [2.75, 3.05) is 19.0 Å². The molecule has 0 aliphatic heterocycles. The minimum absolute atomic E-state index is 0.0646. The number of allylic oxidation sites excluding steroid dienone is 2. The first-order valence-electron chi connectivity index (χ1n) is 12.1. The van der Waals surface area contributed by atoms with E-state index < -0.39 is 52.0 Å². The van der Waals surface area contributed by atoms with Crippen LogP contribution in [0.3, 0.4) is 0 Å². The zero-order valence-electron chi connectivity index (χ0n) is 20.8. The first kappa shape index (κ1) is 25.1. The number of rotatable bonds is 2. The molecule has 0 unspecified atom stereocenters. The van der Waals surface area contributed by atoms with E-state index in [4.69, 9.17) is 5.73 Å². The van der Waals surface area contributed by atoms with Crippen molar-refractivity contribution in [3.63, 3.8) is 0 Å². The standard InChI is InChI=1S/C29H26N2O7/c1-31(2)19-12-15(9-8-14-6-4-3-5-7-14)24(33)22-18(19)11-16-10-17-13-20(32)23(28(30)37)27(36)29(17,38)26(35)21(16)25(22)34/h3-7,12,16-17,32-33,35,38H,10-11,13H2,1-2H3,(H2,30,37)/t16-,17+,29+/m1/s1. The first-order chi connectivity index (χ1) is 18.0. The highest BCUT2D eigenvalue weighted by Gasteiger charge is 2.59. The first-order valence-corrected chi connectivity index (χ1v) is 12.1. The van der Waals surface area contributed by atoms with Crippen LogP contribution >= 0.6 is 0 Å². The van der Waals surface area contributed by atoms with E-state index in [0.29, 0.717) is 16.8 Å². The number of fused-ring (bicyclic) bond motifs is 3. The summed E-state index contributed by atoms with van der Waals surface area (Å²) in [7, 11) is 3.59. The molecule has 1 amide bonds. The lowest BCUT2D eigenvalue weighted by Crippen LogP contribution is -2.57. The fourth-order valence-corrected chi connectivity index (χ4v) is 5.82. The second kappa shape index (κ2) is 8.78. The van der Waals surface area contributed by atoms with Gasteiger partial charge >= 0.3 is 0 Å². The Bertz CT molecular complexity index is 1540. The smallest absolute Gasteiger partial charge is 0.255 e. The number of carbonyl (C=O) groups excluding carboxylic acids is 3. The molecule has 0 bridgehead atoms. The molecule has 2 aromatic carbocycles. The van der Waals surface area contributed by atoms with Crippen LogP contribution in [0.25, 0.3) is 0 Å². The van der Waals surface area contributed by atoms with Gasteiger partial charge in [0.05, 0.1) is 11.1 Å². The Morgan fingerprint density at radius 1 is 1.08 bits per heavy atom. The maximum absolute atomic E-state index is 13.9. The van der Waals surface area contributed by atoms with Gasteiger partial charge in [0.1, 0.15) is 22.8 Å². The lowest BCUT2D eigenvalue weighted by atomic mass is 9.60. The molecule has 9 heteroatoms. The van der Waals surface area contributed by atoms with Crippen LogP contribution in [0.5, 0.6) is 5.75 Å². The molecule has 0 aromatic heterocycles. The van der Waals surface area contributed by atoms with Gasteiger partial charge in [0.15, 0.2) is 11.4 Å². The number of nitrogens with zero attached hydrogens (tertiary/aromatic N) is 1. The summed E-state index contributed by atoms with van der Waals surface area (Å²) in [6.07, 6.45) is 0.0309. The fourth-order valence-electron chi connectivity index (χ4n) is 5.82. The molecule has 3 aliphatic carbocycles. The number of hydrogen-bond donors (Lipinski definition) is 5. The number of Topliss-reactive ketones (excluding diaryl/α,β-unsaturated/α-hetero) is 2. The van der Waals surface area contributed by atoms with Gasteiger partial charge in [-0.05, 0) is 42.5 Å². The number of carbonyl (C=O) groups is 3. The lowest BCUT2D eigenvalue weighted by molar-refractivity contribution is -0.144. The molecule has 194 valence electrons. The third kappa shape index (κ3) is 3.56. The highest BCUT2D eigenvalue weighted by Crippen LogP contribution is 2.52. The molecule has 6 N–H and O–H groups in total. The quantitative estimate of drug-likeness (QED) is 0.301. The molecule has 0 saturated carbocycles. The van der Waals surface area contributed by atoms with Crippen LogP contribution in [-0.4, -0.2) is 57.6 Å². The van der Waals surface area contributed by atoms with Gasteiger partial charge in [0.25, 0.3) is 5.91 Å². The minimum atomic E-state index is -2.60. The van der Waals surface area contributed by atoms with Crippen molar-refractivity contribution in [2.24, 2.45) is 17.6 Å². The predicted molar refractivity (Wildman–Crippen MR) is 138 cm³/mol. The lowest BCUT2D eigenvalue weighted by Gasteiger charge is -2.45. The molecule has 0 radical (unpaired) electrons. The van der Waals surface area contributed by atoms with Crippen LogP contribution < -0.4 is 10.6 Å². The van der Waals surface area contributed by atoms with Gasteiger partial charge in [-0.15, -0.1) is 0 Å². The predicted octanol–water partition coefficient (Wildman–Crippen LogP) is 2.05. The summed E-state index contributed by atoms with van der Waals surface area (Å²) in [4.78, 5) is 40.6. The van der Waals surface area contributed by atoms with E-state index in [1.54, 1.807) is 37.2 Å². The third-order valence-electron chi connectivity index (χ3n) is 7.64. The Morgan fingerprint density at radius 2 is 1.76 bits per heavy atom. The number of aliphatic hydroxyl groups is 3. The van der Waals surface area contributed by atoms with Crippen molar-refractivity contribution < 1.29 is 34.8 Å². The number of phenolic OH excluding ortho intramolecular Hbond substituents is 1. The van der Waals surface area contributed by atoms with Crippen molar-refractivity contribution in [1.82, 2.24) is 0 Å². The third-order valence-corrected chi connectivity index (χ3v) is 7.64. The summed E-state index contributed by atoms with van der Waals surface area (Å²) in [6, 6.07) is 10.8. The number of nitrogens with two attached hydrogens (primary N) is 1. The second-order valence-electron chi connectivity index (χ2n) is 10.1. The molecule has 0 fully saturated rings. The average Bonchev–Trinajstić information content (AvgIpc) is 2.86. The van der Waals surface area contributed by atoms with Crippen LogP contribution in [0.2, 0.25) is 0 Å². The van der Waals surface area contributed by atoms with Gasteiger partial charge in [0.2, 0.25) is 5.78 Å². The van der Waals surface area contributed by atoms with E-state index in [1.165, 1.54) is 0 Å². The zero-order chi connectivity index (χ0) is 27.5. The molecule has 3 aliphatic rings. The van der Waals surface area contributed by atoms with Gasteiger partial charge in [-0.3, -0.25) is 14.4 Å². The Kier molecular flexibility index (Phi) is 5.80. The van der Waals surface area contributed by atoms with E-state index in [1.807, 2.05) is 18.2 Å². The number of hydrogen-bond acceptors (Lipinski definition) is 8. The summed E-state index contributed by atoms with van der Waals surface area (Å²) in [6.45, 7) is 0. The van der Waals surface area contributed by atoms with Crippen LogP contribution in [-0.2, 0) is 16.0 Å². The van der Waals surface area contributed by atoms with Crippen LogP contribution in [0, 0.1) is 23.7 Å². The molecule has 2 aromatic rings. The Morgan fingerprint density at radius 3 is 2.39 bits per heavy atom. The minimum Gasteiger partial charge on any atom is -0.511 e. The average molecular weight is 515 g/mol. The molecule has 5 rings (SSSR count). The van der Waals surface area contributed by atoms with Crippen LogP contribution in [0.1, 0.15) is 39.9 Å². The fraction of sp³-hybridized carbons (Fsp3) is 0.276. The van der Waals surface area contributed by atoms with Gasteiger partial charge in [-0.25, -0.2) is 0 Å². The Balaban J connectivity index is 1.68. The number of aromatic hydroxyl groups is 1. The van der Waals surface area contributed by atoms with E-state index in [-0.39, 0.29) is 41.7 Å². The monoisotopic (exact) mass is 514 g/mol. The van der Waals surface area contributed by atoms with E-state index in [9.17, 15) is 34.8 Å². The molecule has 0 spiro atoms. The summed E-state index contributed by atoms with van der Waals surface area (Å²) in [5.41, 5.74) is 3.70. The number of benzene rings is 2. The van der Waals surface area contributed by atoms with E-state index in [2.05, 4.69) is 11.8 Å². The van der Waals surface area contributed by atoms with Crippen molar-refractivity contribution >= 4 is 23.2 Å².